The first-order chi connectivity index (χ1) is 14.2. The fourth-order valence-corrected chi connectivity index (χ4v) is 4.08. The van der Waals surface area contributed by atoms with Crippen molar-refractivity contribution in [3.05, 3.63) is 77.6 Å². The molecule has 1 aromatic heterocycles. The third kappa shape index (κ3) is 4.19. The summed E-state index contributed by atoms with van der Waals surface area (Å²) in [5.41, 5.74) is 3.76. The van der Waals surface area contributed by atoms with Gasteiger partial charge in [-0.25, -0.2) is 4.68 Å². The molecule has 2 aromatic carbocycles. The SMILES string of the molecule is COc1ccc(C)cc1-n1ccc(C(=O)N2CCCC2CCc2ccccc2)n1. The van der Waals surface area contributed by atoms with Crippen molar-refractivity contribution in [3.63, 3.8) is 0 Å². The number of amides is 1. The van der Waals surface area contributed by atoms with Gasteiger partial charge >= 0.3 is 0 Å². The number of nitrogens with zero attached hydrogens (tertiary/aromatic N) is 3. The van der Waals surface area contributed by atoms with Crippen LogP contribution in [0.4, 0.5) is 0 Å². The molecule has 5 nitrogen and oxygen atoms in total. The minimum Gasteiger partial charge on any atom is -0.494 e. The Bertz CT molecular complexity index is 981. The zero-order chi connectivity index (χ0) is 20.2. The van der Waals surface area contributed by atoms with E-state index in [1.165, 1.54) is 5.56 Å². The van der Waals surface area contributed by atoms with Crippen LogP contribution in [0.3, 0.4) is 0 Å². The average molecular weight is 389 g/mol. The van der Waals surface area contributed by atoms with Crippen molar-refractivity contribution in [3.8, 4) is 11.4 Å². The van der Waals surface area contributed by atoms with Gasteiger partial charge in [-0.2, -0.15) is 5.10 Å². The molecule has 1 fully saturated rings. The first-order valence-electron chi connectivity index (χ1n) is 10.2. The largest absolute Gasteiger partial charge is 0.494 e. The number of aromatic nitrogens is 2. The molecule has 1 aliphatic rings. The highest BCUT2D eigenvalue weighted by Gasteiger charge is 2.30. The maximum atomic E-state index is 13.2. The average Bonchev–Trinajstić information content (AvgIpc) is 3.42. The van der Waals surface area contributed by atoms with E-state index in [1.54, 1.807) is 17.9 Å². The summed E-state index contributed by atoms with van der Waals surface area (Å²) >= 11 is 0. The summed E-state index contributed by atoms with van der Waals surface area (Å²) in [6.07, 6.45) is 5.93. The molecule has 0 aliphatic carbocycles. The van der Waals surface area contributed by atoms with Crippen LogP contribution in [0.25, 0.3) is 5.69 Å². The molecule has 0 N–H and O–H groups in total. The third-order valence-corrected chi connectivity index (χ3v) is 5.64. The molecule has 0 spiro atoms. The van der Waals surface area contributed by atoms with Gasteiger partial charge in [0.1, 0.15) is 11.4 Å². The first kappa shape index (κ1) is 19.2. The predicted octanol–water partition coefficient (Wildman–Crippen LogP) is 4.43. The number of carbonyl (C=O) groups excluding carboxylic acids is 1. The van der Waals surface area contributed by atoms with Gasteiger partial charge < -0.3 is 9.64 Å². The van der Waals surface area contributed by atoms with Gasteiger partial charge in [-0.15, -0.1) is 0 Å². The summed E-state index contributed by atoms with van der Waals surface area (Å²) in [5, 5.41) is 4.57. The van der Waals surface area contributed by atoms with Gasteiger partial charge in [-0.1, -0.05) is 36.4 Å². The second kappa shape index (κ2) is 8.52. The minimum absolute atomic E-state index is 0.0194. The monoisotopic (exact) mass is 389 g/mol. The highest BCUT2D eigenvalue weighted by Crippen LogP contribution is 2.26. The van der Waals surface area contributed by atoms with E-state index in [-0.39, 0.29) is 11.9 Å². The zero-order valence-corrected chi connectivity index (χ0v) is 17.0. The Balaban J connectivity index is 1.49. The molecule has 150 valence electrons. The normalized spacial score (nSPS) is 16.2. The summed E-state index contributed by atoms with van der Waals surface area (Å²) in [5.74, 6) is 0.755. The van der Waals surface area contributed by atoms with Crippen LogP contribution in [0, 0.1) is 6.92 Å². The molecular weight excluding hydrogens is 362 g/mol. The number of carbonyl (C=O) groups is 1. The van der Waals surface area contributed by atoms with Gasteiger partial charge in [0.15, 0.2) is 5.69 Å². The number of methoxy groups -OCH3 is 1. The number of benzene rings is 2. The maximum absolute atomic E-state index is 13.2. The predicted molar refractivity (Wildman–Crippen MR) is 114 cm³/mol. The van der Waals surface area contributed by atoms with Gasteiger partial charge in [0, 0.05) is 18.8 Å². The molecule has 4 rings (SSSR count). The minimum atomic E-state index is 0.0194. The summed E-state index contributed by atoms with van der Waals surface area (Å²) in [6, 6.07) is 18.5. The van der Waals surface area contributed by atoms with Crippen LogP contribution in [0.15, 0.2) is 60.8 Å². The smallest absolute Gasteiger partial charge is 0.274 e. The lowest BCUT2D eigenvalue weighted by Gasteiger charge is -2.24. The fourth-order valence-electron chi connectivity index (χ4n) is 4.08. The van der Waals surface area contributed by atoms with Gasteiger partial charge in [-0.05, 0) is 61.9 Å². The molecule has 3 aromatic rings. The van der Waals surface area contributed by atoms with Crippen molar-refractivity contribution in [2.75, 3.05) is 13.7 Å². The highest BCUT2D eigenvalue weighted by molar-refractivity contribution is 5.92. The summed E-state index contributed by atoms with van der Waals surface area (Å²) in [7, 11) is 1.64. The Morgan fingerprint density at radius 1 is 1.17 bits per heavy atom. The van der Waals surface area contributed by atoms with Crippen LogP contribution in [0.1, 0.15) is 40.9 Å². The molecule has 29 heavy (non-hydrogen) atoms. The second-order valence-electron chi connectivity index (χ2n) is 7.64. The van der Waals surface area contributed by atoms with Crippen molar-refractivity contribution < 1.29 is 9.53 Å². The Hall–Kier alpha value is -3.08. The standard InChI is InChI=1S/C24H27N3O2/c1-18-10-13-23(29-2)22(17-18)27-16-14-21(25-27)24(28)26-15-6-9-20(26)12-11-19-7-4-3-5-8-19/h3-5,7-8,10,13-14,16-17,20H,6,9,11-12,15H2,1-2H3. The molecular formula is C24H27N3O2. The van der Waals surface area contributed by atoms with Crippen LogP contribution in [0.5, 0.6) is 5.75 Å². The quantitative estimate of drug-likeness (QED) is 0.627. The van der Waals surface area contributed by atoms with Crippen molar-refractivity contribution in [2.24, 2.45) is 0 Å². The number of likely N-dealkylation sites (tertiary alicyclic amines) is 1. The van der Waals surface area contributed by atoms with Gasteiger partial charge in [0.2, 0.25) is 0 Å². The second-order valence-corrected chi connectivity index (χ2v) is 7.64. The number of ether oxygens (including phenoxy) is 1. The Morgan fingerprint density at radius 3 is 2.79 bits per heavy atom. The Morgan fingerprint density at radius 2 is 2.00 bits per heavy atom. The van der Waals surface area contributed by atoms with E-state index in [9.17, 15) is 4.79 Å². The topological polar surface area (TPSA) is 47.4 Å². The van der Waals surface area contributed by atoms with E-state index in [0.717, 1.165) is 49.2 Å². The summed E-state index contributed by atoms with van der Waals surface area (Å²) < 4.78 is 7.19. The van der Waals surface area contributed by atoms with Crippen LogP contribution < -0.4 is 4.74 Å². The lowest BCUT2D eigenvalue weighted by Crippen LogP contribution is -2.36. The first-order valence-corrected chi connectivity index (χ1v) is 10.2. The van der Waals surface area contributed by atoms with Crippen LogP contribution in [-0.4, -0.2) is 40.3 Å². The number of aryl methyl sites for hydroxylation is 2. The lowest BCUT2D eigenvalue weighted by molar-refractivity contribution is 0.0724. The molecule has 1 atom stereocenters. The lowest BCUT2D eigenvalue weighted by atomic mass is 10.0. The third-order valence-electron chi connectivity index (χ3n) is 5.64. The molecule has 1 unspecified atom stereocenters. The Labute approximate surface area is 171 Å². The van der Waals surface area contributed by atoms with E-state index >= 15 is 0 Å². The van der Waals surface area contributed by atoms with E-state index < -0.39 is 0 Å². The van der Waals surface area contributed by atoms with E-state index in [4.69, 9.17) is 4.74 Å². The van der Waals surface area contributed by atoms with Gasteiger partial charge in [-0.3, -0.25) is 4.79 Å². The fraction of sp³-hybridized carbons (Fsp3) is 0.333. The molecule has 1 saturated heterocycles. The summed E-state index contributed by atoms with van der Waals surface area (Å²) in [4.78, 5) is 15.2. The summed E-state index contributed by atoms with van der Waals surface area (Å²) in [6.45, 7) is 2.83. The van der Waals surface area contributed by atoms with Crippen molar-refractivity contribution in [2.45, 2.75) is 38.6 Å². The van der Waals surface area contributed by atoms with Crippen LogP contribution in [0.2, 0.25) is 0 Å². The van der Waals surface area contributed by atoms with E-state index in [1.807, 2.05) is 42.3 Å². The van der Waals surface area contributed by atoms with E-state index in [0.29, 0.717) is 5.69 Å². The van der Waals surface area contributed by atoms with Crippen molar-refractivity contribution in [1.29, 1.82) is 0 Å². The van der Waals surface area contributed by atoms with Crippen LogP contribution >= 0.6 is 0 Å². The van der Waals surface area contributed by atoms with Crippen molar-refractivity contribution >= 4 is 5.91 Å². The maximum Gasteiger partial charge on any atom is 0.274 e. The molecule has 1 aliphatic heterocycles. The highest BCUT2D eigenvalue weighted by atomic mass is 16.5. The number of hydrogen-bond acceptors (Lipinski definition) is 3. The molecule has 5 heteroatoms. The van der Waals surface area contributed by atoms with E-state index in [2.05, 4.69) is 29.4 Å². The molecule has 1 amide bonds. The van der Waals surface area contributed by atoms with Gasteiger partial charge in [0.05, 0.1) is 7.11 Å². The van der Waals surface area contributed by atoms with Gasteiger partial charge in [0.25, 0.3) is 5.91 Å². The molecule has 0 radical (unpaired) electrons. The van der Waals surface area contributed by atoms with Crippen molar-refractivity contribution in [1.82, 2.24) is 14.7 Å². The molecule has 0 saturated carbocycles. The van der Waals surface area contributed by atoms with Crippen LogP contribution in [-0.2, 0) is 6.42 Å². The number of hydrogen-bond donors (Lipinski definition) is 0. The number of rotatable bonds is 6. The zero-order valence-electron chi connectivity index (χ0n) is 17.0. The Kier molecular flexibility index (Phi) is 5.65. The molecule has 2 heterocycles. The molecule has 0 bridgehead atoms.